The van der Waals surface area contributed by atoms with Gasteiger partial charge in [0.25, 0.3) is 0 Å². The smallest absolute Gasteiger partial charge is 0.0552 e. The van der Waals surface area contributed by atoms with Gasteiger partial charge in [-0.15, -0.1) is 0 Å². The van der Waals surface area contributed by atoms with Crippen LogP contribution >= 0.6 is 0 Å². The van der Waals surface area contributed by atoms with Gasteiger partial charge in [-0.05, 0) is 58.3 Å². The highest BCUT2D eigenvalue weighted by atomic mass is 16.3. The van der Waals surface area contributed by atoms with Crippen LogP contribution in [0.5, 0.6) is 0 Å². The molecule has 1 saturated heterocycles. The maximum absolute atomic E-state index is 9.66. The Morgan fingerprint density at radius 2 is 2.25 bits per heavy atom. The molecule has 1 heterocycles. The lowest BCUT2D eigenvalue weighted by atomic mass is 10.0. The van der Waals surface area contributed by atoms with E-state index in [2.05, 4.69) is 41.4 Å². The summed E-state index contributed by atoms with van der Waals surface area (Å²) in [7, 11) is 2.04. The largest absolute Gasteiger partial charge is 0.393 e. The summed E-state index contributed by atoms with van der Waals surface area (Å²) in [6, 6.07) is 9.17. The van der Waals surface area contributed by atoms with Crippen molar-refractivity contribution in [3.63, 3.8) is 0 Å². The molecule has 3 heteroatoms. The fourth-order valence-electron chi connectivity index (χ4n) is 3.14. The van der Waals surface area contributed by atoms with Crippen molar-refractivity contribution >= 4 is 0 Å². The lowest BCUT2D eigenvalue weighted by Crippen LogP contribution is -2.28. The fourth-order valence-corrected chi connectivity index (χ4v) is 3.14. The lowest BCUT2D eigenvalue weighted by Gasteiger charge is -2.22. The van der Waals surface area contributed by atoms with Gasteiger partial charge in [-0.3, -0.25) is 0 Å². The van der Waals surface area contributed by atoms with Crippen molar-refractivity contribution in [3.05, 3.63) is 35.4 Å². The third-order valence-electron chi connectivity index (χ3n) is 4.52. The summed E-state index contributed by atoms with van der Waals surface area (Å²) in [6.45, 7) is 7.33. The fraction of sp³-hybridized carbons (Fsp3) is 0.647. The zero-order valence-corrected chi connectivity index (χ0v) is 13.0. The molecule has 1 aliphatic rings. The monoisotopic (exact) mass is 276 g/mol. The first-order chi connectivity index (χ1) is 9.60. The molecule has 1 aromatic carbocycles. The average Bonchev–Trinajstić information content (AvgIpc) is 2.88. The van der Waals surface area contributed by atoms with E-state index in [1.807, 2.05) is 14.0 Å². The maximum Gasteiger partial charge on any atom is 0.0552 e. The molecule has 0 bridgehead atoms. The summed E-state index contributed by atoms with van der Waals surface area (Å²) in [5.74, 6) is 0.460. The van der Waals surface area contributed by atoms with Gasteiger partial charge < -0.3 is 15.3 Å². The average molecular weight is 276 g/mol. The second-order valence-corrected chi connectivity index (χ2v) is 6.13. The van der Waals surface area contributed by atoms with Crippen molar-refractivity contribution in [2.45, 2.75) is 38.8 Å². The van der Waals surface area contributed by atoms with Crippen molar-refractivity contribution in [2.75, 3.05) is 26.7 Å². The Kier molecular flexibility index (Phi) is 5.58. The SMILES string of the molecule is CNC(CCN1CCC(C(C)O)C1)c1cccc(C)c1. The first-order valence-electron chi connectivity index (χ1n) is 7.74. The van der Waals surface area contributed by atoms with Gasteiger partial charge in [-0.25, -0.2) is 0 Å². The number of rotatable bonds is 6. The van der Waals surface area contributed by atoms with Gasteiger partial charge in [0.05, 0.1) is 6.10 Å². The van der Waals surface area contributed by atoms with E-state index in [9.17, 15) is 5.11 Å². The van der Waals surface area contributed by atoms with Gasteiger partial charge in [-0.1, -0.05) is 29.8 Å². The van der Waals surface area contributed by atoms with Crippen molar-refractivity contribution in [3.8, 4) is 0 Å². The maximum atomic E-state index is 9.66. The minimum absolute atomic E-state index is 0.170. The molecule has 2 rings (SSSR count). The number of benzene rings is 1. The van der Waals surface area contributed by atoms with Crippen LogP contribution in [0.1, 0.15) is 36.9 Å². The minimum Gasteiger partial charge on any atom is -0.393 e. The predicted octanol–water partition coefficient (Wildman–Crippen LogP) is 2.35. The molecule has 2 N–H and O–H groups in total. The van der Waals surface area contributed by atoms with E-state index in [-0.39, 0.29) is 6.10 Å². The molecule has 112 valence electrons. The highest BCUT2D eigenvalue weighted by Gasteiger charge is 2.26. The number of likely N-dealkylation sites (tertiary alicyclic amines) is 1. The first kappa shape index (κ1) is 15.5. The number of nitrogens with zero attached hydrogens (tertiary/aromatic N) is 1. The summed E-state index contributed by atoms with van der Waals surface area (Å²) in [6.07, 6.45) is 2.08. The Bertz CT molecular complexity index is 419. The summed E-state index contributed by atoms with van der Waals surface area (Å²) >= 11 is 0. The third-order valence-corrected chi connectivity index (χ3v) is 4.52. The van der Waals surface area contributed by atoms with Gasteiger partial charge >= 0.3 is 0 Å². The zero-order chi connectivity index (χ0) is 14.5. The molecule has 20 heavy (non-hydrogen) atoms. The van der Waals surface area contributed by atoms with Crippen LogP contribution in [-0.2, 0) is 0 Å². The van der Waals surface area contributed by atoms with Gasteiger partial charge in [0.15, 0.2) is 0 Å². The Morgan fingerprint density at radius 3 is 2.85 bits per heavy atom. The summed E-state index contributed by atoms with van der Waals surface area (Å²) < 4.78 is 0. The molecule has 1 fully saturated rings. The van der Waals surface area contributed by atoms with Crippen LogP contribution in [0.25, 0.3) is 0 Å². The Balaban J connectivity index is 1.86. The van der Waals surface area contributed by atoms with Crippen molar-refractivity contribution < 1.29 is 5.11 Å². The van der Waals surface area contributed by atoms with Gasteiger partial charge in [0.2, 0.25) is 0 Å². The number of hydrogen-bond donors (Lipinski definition) is 2. The zero-order valence-electron chi connectivity index (χ0n) is 13.0. The van der Waals surface area contributed by atoms with Crippen LogP contribution in [0.4, 0.5) is 0 Å². The summed E-state index contributed by atoms with van der Waals surface area (Å²) in [5.41, 5.74) is 2.69. The number of nitrogens with one attached hydrogen (secondary N) is 1. The summed E-state index contributed by atoms with van der Waals surface area (Å²) in [4.78, 5) is 2.48. The standard InChI is InChI=1S/C17H28N2O/c1-13-5-4-6-15(11-13)17(18-3)8-10-19-9-7-16(12-19)14(2)20/h4-6,11,14,16-18,20H,7-10,12H2,1-3H3. The van der Waals surface area contributed by atoms with Gasteiger partial charge in [-0.2, -0.15) is 0 Å². The third kappa shape index (κ3) is 4.05. The van der Waals surface area contributed by atoms with E-state index in [1.54, 1.807) is 0 Å². The second-order valence-electron chi connectivity index (χ2n) is 6.13. The van der Waals surface area contributed by atoms with E-state index >= 15 is 0 Å². The molecule has 1 aromatic rings. The quantitative estimate of drug-likeness (QED) is 0.837. The molecule has 0 aromatic heterocycles. The molecular formula is C17H28N2O. The Labute approximate surface area is 123 Å². The molecule has 0 radical (unpaired) electrons. The first-order valence-corrected chi connectivity index (χ1v) is 7.74. The van der Waals surface area contributed by atoms with E-state index in [0.717, 1.165) is 32.5 Å². The van der Waals surface area contributed by atoms with E-state index < -0.39 is 0 Å². The molecule has 3 unspecified atom stereocenters. The van der Waals surface area contributed by atoms with Crippen molar-refractivity contribution in [1.82, 2.24) is 10.2 Å². The molecule has 0 aliphatic carbocycles. The lowest BCUT2D eigenvalue weighted by molar-refractivity contribution is 0.127. The number of aliphatic hydroxyl groups excluding tert-OH is 1. The predicted molar refractivity (Wildman–Crippen MR) is 83.8 cm³/mol. The minimum atomic E-state index is -0.170. The molecule has 0 saturated carbocycles. The van der Waals surface area contributed by atoms with Gasteiger partial charge in [0, 0.05) is 12.6 Å². The van der Waals surface area contributed by atoms with Gasteiger partial charge in [0.1, 0.15) is 0 Å². The molecular weight excluding hydrogens is 248 g/mol. The normalized spacial score (nSPS) is 22.9. The van der Waals surface area contributed by atoms with Crippen LogP contribution in [0.3, 0.4) is 0 Å². The summed E-state index contributed by atoms with van der Waals surface area (Å²) in [5, 5.41) is 13.1. The molecule has 0 spiro atoms. The number of hydrogen-bond acceptors (Lipinski definition) is 3. The number of aliphatic hydroxyl groups is 1. The van der Waals surface area contributed by atoms with Crippen LogP contribution in [0.15, 0.2) is 24.3 Å². The van der Waals surface area contributed by atoms with Crippen molar-refractivity contribution in [1.29, 1.82) is 0 Å². The molecule has 3 atom stereocenters. The highest BCUT2D eigenvalue weighted by Crippen LogP contribution is 2.22. The van der Waals surface area contributed by atoms with E-state index in [1.165, 1.54) is 11.1 Å². The highest BCUT2D eigenvalue weighted by molar-refractivity contribution is 5.25. The van der Waals surface area contributed by atoms with Crippen molar-refractivity contribution in [2.24, 2.45) is 5.92 Å². The van der Waals surface area contributed by atoms with Crippen LogP contribution in [0, 0.1) is 12.8 Å². The second kappa shape index (κ2) is 7.21. The Hall–Kier alpha value is -0.900. The van der Waals surface area contributed by atoms with E-state index in [0.29, 0.717) is 12.0 Å². The Morgan fingerprint density at radius 1 is 1.45 bits per heavy atom. The number of aryl methyl sites for hydroxylation is 1. The van der Waals surface area contributed by atoms with Crippen LogP contribution in [-0.4, -0.2) is 42.8 Å². The molecule has 1 aliphatic heterocycles. The van der Waals surface area contributed by atoms with Crippen LogP contribution < -0.4 is 5.32 Å². The molecule has 0 amide bonds. The van der Waals surface area contributed by atoms with Crippen LogP contribution in [0.2, 0.25) is 0 Å². The van der Waals surface area contributed by atoms with E-state index in [4.69, 9.17) is 0 Å². The molecule has 3 nitrogen and oxygen atoms in total. The topological polar surface area (TPSA) is 35.5 Å².